The number of nitrogens with zero attached hydrogens (tertiary/aromatic N) is 2. The van der Waals surface area contributed by atoms with Gasteiger partial charge in [0, 0.05) is 24.6 Å². The second-order valence-corrected chi connectivity index (χ2v) is 12.9. The fourth-order valence-corrected chi connectivity index (χ4v) is 5.42. The van der Waals surface area contributed by atoms with E-state index in [-0.39, 0.29) is 28.9 Å². The van der Waals surface area contributed by atoms with Crippen molar-refractivity contribution in [2.24, 2.45) is 5.92 Å². The zero-order valence-corrected chi connectivity index (χ0v) is 24.8. The van der Waals surface area contributed by atoms with Crippen LogP contribution in [0.1, 0.15) is 51.8 Å². The van der Waals surface area contributed by atoms with Gasteiger partial charge in [-0.15, -0.1) is 0 Å². The summed E-state index contributed by atoms with van der Waals surface area (Å²) in [5.41, 5.74) is 0.820. The van der Waals surface area contributed by atoms with Crippen molar-refractivity contribution < 1.29 is 36.3 Å². The molecule has 1 aromatic heterocycles. The van der Waals surface area contributed by atoms with E-state index in [9.17, 15) is 31.2 Å². The molecule has 14 heteroatoms. The minimum atomic E-state index is -4.82. The van der Waals surface area contributed by atoms with Crippen molar-refractivity contribution in [2.75, 3.05) is 18.1 Å². The minimum absolute atomic E-state index is 0.0994. The summed E-state index contributed by atoms with van der Waals surface area (Å²) < 4.78 is 65.8. The summed E-state index contributed by atoms with van der Waals surface area (Å²) in [4.78, 5) is 24.5. The lowest BCUT2D eigenvalue weighted by Gasteiger charge is -2.21. The second-order valence-electron chi connectivity index (χ2n) is 10.9. The molecule has 0 radical (unpaired) electrons. The third-order valence-corrected chi connectivity index (χ3v) is 8.39. The van der Waals surface area contributed by atoms with Crippen LogP contribution in [0, 0.1) is 5.92 Å². The second kappa shape index (κ2) is 12.7. The molecule has 10 nitrogen and oxygen atoms in total. The lowest BCUT2D eigenvalue weighted by molar-refractivity contribution is -0.141. The van der Waals surface area contributed by atoms with Crippen molar-refractivity contribution in [3.8, 4) is 5.69 Å². The van der Waals surface area contributed by atoms with Gasteiger partial charge in [-0.25, -0.2) is 17.9 Å². The van der Waals surface area contributed by atoms with Gasteiger partial charge < -0.3 is 21.1 Å². The smallest absolute Gasteiger partial charge is 0.435 e. The normalized spacial score (nSPS) is 14.1. The summed E-state index contributed by atoms with van der Waals surface area (Å²) in [5.74, 6) is -0.309. The van der Waals surface area contributed by atoms with E-state index < -0.39 is 33.7 Å². The Balaban J connectivity index is 1.44. The van der Waals surface area contributed by atoms with E-state index in [0.29, 0.717) is 23.2 Å². The van der Waals surface area contributed by atoms with Gasteiger partial charge in [-0.2, -0.15) is 18.3 Å². The monoisotopic (exact) mass is 641 g/mol. The first-order valence-electron chi connectivity index (χ1n) is 14.0. The number of carbonyl (C=O) groups excluding carboxylic acids is 1. The van der Waals surface area contributed by atoms with Gasteiger partial charge in [-0.05, 0) is 78.4 Å². The van der Waals surface area contributed by atoms with Gasteiger partial charge in [-0.1, -0.05) is 36.4 Å². The molecular formula is C31H30F3N5O5S. The average molecular weight is 642 g/mol. The van der Waals surface area contributed by atoms with Crippen molar-refractivity contribution in [3.05, 3.63) is 107 Å². The van der Waals surface area contributed by atoms with E-state index >= 15 is 0 Å². The third kappa shape index (κ3) is 8.08. The Morgan fingerprint density at radius 2 is 1.71 bits per heavy atom. The van der Waals surface area contributed by atoms with Crippen LogP contribution < -0.4 is 16.0 Å². The summed E-state index contributed by atoms with van der Waals surface area (Å²) in [5, 5.41) is 20.9. The average Bonchev–Trinajstić information content (AvgIpc) is 3.69. The topological polar surface area (TPSA) is 142 Å². The molecule has 4 aromatic rings. The van der Waals surface area contributed by atoms with Gasteiger partial charge in [0.15, 0.2) is 15.5 Å². The number of anilines is 1. The maximum atomic E-state index is 13.7. The van der Waals surface area contributed by atoms with Crippen molar-refractivity contribution in [2.45, 2.75) is 36.5 Å². The standard InChI is InChI=1S/C31H30F3N5O5S/c1-45(43,44)25-12-10-21(11-13-25)28(35-17-19-8-9-19)22-5-3-6-23(15-22)37-29(40)26-16-27(31(32,33)34)38-39(26)24-7-2-4-20(14-24)18-36-30(41)42/h2-7,10-16,19,28,35-36H,8-9,17-18H2,1H3,(H,37,40)(H,41,42). The summed E-state index contributed by atoms with van der Waals surface area (Å²) in [6, 6.07) is 19.7. The summed E-state index contributed by atoms with van der Waals surface area (Å²) in [7, 11) is -3.38. The van der Waals surface area contributed by atoms with Crippen molar-refractivity contribution in [1.82, 2.24) is 20.4 Å². The summed E-state index contributed by atoms with van der Waals surface area (Å²) in [6.07, 6.45) is -2.74. The largest absolute Gasteiger partial charge is 0.465 e. The molecule has 2 amide bonds. The van der Waals surface area contributed by atoms with Crippen LogP contribution in [0.3, 0.4) is 0 Å². The number of hydrogen-bond acceptors (Lipinski definition) is 6. The van der Waals surface area contributed by atoms with Crippen LogP contribution in [0.4, 0.5) is 23.7 Å². The van der Waals surface area contributed by atoms with Crippen LogP contribution in [-0.2, 0) is 22.6 Å². The lowest BCUT2D eigenvalue weighted by atomic mass is 9.98. The van der Waals surface area contributed by atoms with E-state index in [1.807, 2.05) is 6.07 Å². The van der Waals surface area contributed by atoms with Gasteiger partial charge >= 0.3 is 12.3 Å². The van der Waals surface area contributed by atoms with E-state index in [4.69, 9.17) is 5.11 Å². The Morgan fingerprint density at radius 3 is 2.36 bits per heavy atom. The quantitative estimate of drug-likeness (QED) is 0.172. The number of nitrogens with one attached hydrogen (secondary N) is 3. The van der Waals surface area contributed by atoms with Crippen LogP contribution in [0.25, 0.3) is 5.69 Å². The number of benzene rings is 3. The predicted molar refractivity (Wildman–Crippen MR) is 160 cm³/mol. The van der Waals surface area contributed by atoms with E-state index in [0.717, 1.165) is 41.5 Å². The molecule has 1 heterocycles. The molecule has 0 spiro atoms. The number of amides is 2. The molecule has 1 atom stereocenters. The number of rotatable bonds is 11. The Kier molecular flexibility index (Phi) is 8.98. The molecule has 1 unspecified atom stereocenters. The Hall–Kier alpha value is -4.69. The fourth-order valence-electron chi connectivity index (χ4n) is 4.79. The van der Waals surface area contributed by atoms with Crippen molar-refractivity contribution in [3.63, 3.8) is 0 Å². The molecule has 236 valence electrons. The van der Waals surface area contributed by atoms with Crippen LogP contribution in [0.15, 0.2) is 83.8 Å². The van der Waals surface area contributed by atoms with Gasteiger partial charge in [0.2, 0.25) is 0 Å². The Morgan fingerprint density at radius 1 is 1.00 bits per heavy atom. The van der Waals surface area contributed by atoms with E-state index in [1.165, 1.54) is 30.3 Å². The van der Waals surface area contributed by atoms with Gasteiger partial charge in [-0.3, -0.25) is 4.79 Å². The van der Waals surface area contributed by atoms with E-state index in [1.54, 1.807) is 36.4 Å². The SMILES string of the molecule is CS(=O)(=O)c1ccc(C(NCC2CC2)c2cccc(NC(=O)c3cc(C(F)(F)F)nn3-c3cccc(CNC(=O)O)c3)c2)cc1. The fraction of sp³-hybridized carbons (Fsp3) is 0.258. The number of carboxylic acid groups (broad SMARTS) is 1. The molecule has 3 aromatic carbocycles. The highest BCUT2D eigenvalue weighted by Gasteiger charge is 2.36. The van der Waals surface area contributed by atoms with Crippen molar-refractivity contribution >= 4 is 27.5 Å². The molecular weight excluding hydrogens is 611 g/mol. The first-order valence-corrected chi connectivity index (χ1v) is 15.8. The van der Waals surface area contributed by atoms with Crippen LogP contribution >= 0.6 is 0 Å². The molecule has 4 N–H and O–H groups in total. The highest BCUT2D eigenvalue weighted by atomic mass is 32.2. The highest BCUT2D eigenvalue weighted by molar-refractivity contribution is 7.90. The van der Waals surface area contributed by atoms with Gasteiger partial charge in [0.05, 0.1) is 16.6 Å². The predicted octanol–water partition coefficient (Wildman–Crippen LogP) is 5.40. The lowest BCUT2D eigenvalue weighted by Crippen LogP contribution is -2.25. The molecule has 1 aliphatic carbocycles. The van der Waals surface area contributed by atoms with Crippen LogP contribution in [-0.4, -0.2) is 48.1 Å². The molecule has 1 saturated carbocycles. The van der Waals surface area contributed by atoms with Crippen molar-refractivity contribution in [1.29, 1.82) is 0 Å². The number of hydrogen-bond donors (Lipinski definition) is 4. The molecule has 0 saturated heterocycles. The first-order chi connectivity index (χ1) is 21.3. The van der Waals surface area contributed by atoms with Gasteiger partial charge in [0.1, 0.15) is 5.69 Å². The zero-order chi connectivity index (χ0) is 32.4. The molecule has 0 bridgehead atoms. The van der Waals surface area contributed by atoms with Crippen LogP contribution in [0.2, 0.25) is 0 Å². The van der Waals surface area contributed by atoms with E-state index in [2.05, 4.69) is 21.0 Å². The maximum absolute atomic E-state index is 13.7. The van der Waals surface area contributed by atoms with Crippen LogP contribution in [0.5, 0.6) is 0 Å². The van der Waals surface area contributed by atoms with Gasteiger partial charge in [0.25, 0.3) is 5.91 Å². The minimum Gasteiger partial charge on any atom is -0.465 e. The maximum Gasteiger partial charge on any atom is 0.435 e. The zero-order valence-electron chi connectivity index (χ0n) is 24.0. The molecule has 45 heavy (non-hydrogen) atoms. The molecule has 1 aliphatic rings. The Labute approximate surface area is 257 Å². The number of aromatic nitrogens is 2. The molecule has 0 aliphatic heterocycles. The summed E-state index contributed by atoms with van der Waals surface area (Å²) >= 11 is 0. The number of carbonyl (C=O) groups is 2. The number of alkyl halides is 3. The Bertz CT molecular complexity index is 1820. The number of halogens is 3. The molecule has 1 fully saturated rings. The third-order valence-electron chi connectivity index (χ3n) is 7.26. The number of sulfone groups is 1. The molecule has 5 rings (SSSR count). The highest BCUT2D eigenvalue weighted by Crippen LogP contribution is 2.32. The first kappa shape index (κ1) is 31.7. The summed E-state index contributed by atoms with van der Waals surface area (Å²) in [6.45, 7) is 0.632.